The molecule has 0 bridgehead atoms. The van der Waals surface area contributed by atoms with Crippen molar-refractivity contribution in [2.24, 2.45) is 5.73 Å². The number of carbonyl (C=O) groups excluding carboxylic acids is 1. The molecule has 0 aliphatic carbocycles. The van der Waals surface area contributed by atoms with Crippen LogP contribution < -0.4 is 20.5 Å². The first-order valence-corrected chi connectivity index (χ1v) is 5.35. The summed E-state index contributed by atoms with van der Waals surface area (Å²) < 4.78 is 10.5. The Labute approximate surface area is 105 Å². The van der Waals surface area contributed by atoms with E-state index in [0.29, 0.717) is 11.5 Å². The van der Waals surface area contributed by atoms with Gasteiger partial charge in [0.2, 0.25) is 0 Å². The average molecular weight is 249 g/mol. The molecule has 0 fully saturated rings. The fraction of sp³-hybridized carbons (Fsp3) is 0.333. The molecule has 0 aliphatic heterocycles. The minimum absolute atomic E-state index is 0.0438. The van der Waals surface area contributed by atoms with Crippen LogP contribution in [0, 0.1) is 11.3 Å². The molecule has 0 spiro atoms. The monoisotopic (exact) mass is 249 g/mol. The van der Waals surface area contributed by atoms with Crippen LogP contribution in [-0.4, -0.2) is 26.2 Å². The largest absolute Gasteiger partial charge is 0.493 e. The van der Waals surface area contributed by atoms with Gasteiger partial charge in [0.05, 0.1) is 13.2 Å². The minimum atomic E-state index is -0.370. The van der Waals surface area contributed by atoms with Gasteiger partial charge in [0.15, 0.2) is 18.1 Å². The Kier molecular flexibility index (Phi) is 5.48. The van der Waals surface area contributed by atoms with Gasteiger partial charge in [0.1, 0.15) is 6.54 Å². The van der Waals surface area contributed by atoms with Crippen molar-refractivity contribution in [1.29, 1.82) is 5.26 Å². The lowest BCUT2D eigenvalue weighted by atomic mass is 10.2. The number of hydrogen-bond acceptors (Lipinski definition) is 5. The quantitative estimate of drug-likeness (QED) is 0.700. The van der Waals surface area contributed by atoms with E-state index in [9.17, 15) is 4.79 Å². The van der Waals surface area contributed by atoms with Crippen molar-refractivity contribution in [3.05, 3.63) is 23.8 Å². The summed E-state index contributed by atoms with van der Waals surface area (Å²) in [4.78, 5) is 11.3. The molecule has 3 N–H and O–H groups in total. The summed E-state index contributed by atoms with van der Waals surface area (Å²) in [7, 11) is 1.51. The van der Waals surface area contributed by atoms with E-state index < -0.39 is 0 Å². The number of carbonyl (C=O) groups is 1. The normalized spacial score (nSPS) is 9.39. The summed E-state index contributed by atoms with van der Waals surface area (Å²) in [5, 5.41) is 10.7. The van der Waals surface area contributed by atoms with E-state index >= 15 is 0 Å². The molecule has 0 radical (unpaired) electrons. The predicted octanol–water partition coefficient (Wildman–Crippen LogP) is 0.172. The van der Waals surface area contributed by atoms with Crippen molar-refractivity contribution in [3.8, 4) is 17.6 Å². The second-order valence-electron chi connectivity index (χ2n) is 3.38. The summed E-state index contributed by atoms with van der Waals surface area (Å²) in [6, 6.07) is 7.13. The number of nitrogens with one attached hydrogen (secondary N) is 1. The molecule has 1 aromatic carbocycles. The van der Waals surface area contributed by atoms with Gasteiger partial charge in [0, 0.05) is 12.1 Å². The fourth-order valence-electron chi connectivity index (χ4n) is 1.37. The van der Waals surface area contributed by atoms with Crippen molar-refractivity contribution in [3.63, 3.8) is 0 Å². The average Bonchev–Trinajstić information content (AvgIpc) is 2.42. The van der Waals surface area contributed by atoms with Crippen LogP contribution in [0.2, 0.25) is 0 Å². The molecular weight excluding hydrogens is 234 g/mol. The van der Waals surface area contributed by atoms with Crippen LogP contribution in [0.3, 0.4) is 0 Å². The van der Waals surface area contributed by atoms with Gasteiger partial charge in [-0.3, -0.25) is 4.79 Å². The van der Waals surface area contributed by atoms with Crippen LogP contribution in [0.4, 0.5) is 0 Å². The lowest BCUT2D eigenvalue weighted by Crippen LogP contribution is -2.29. The maximum atomic E-state index is 11.3. The molecule has 1 aromatic rings. The Balaban J connectivity index is 2.71. The first kappa shape index (κ1) is 13.8. The van der Waals surface area contributed by atoms with Gasteiger partial charge >= 0.3 is 0 Å². The summed E-state index contributed by atoms with van der Waals surface area (Å²) in [6.07, 6.45) is 0. The number of rotatable bonds is 6. The summed E-state index contributed by atoms with van der Waals surface area (Å²) in [5.41, 5.74) is 6.33. The number of methoxy groups -OCH3 is 1. The van der Waals surface area contributed by atoms with Gasteiger partial charge < -0.3 is 20.5 Å². The fourth-order valence-corrected chi connectivity index (χ4v) is 1.37. The summed E-state index contributed by atoms with van der Waals surface area (Å²) >= 11 is 0. The number of ether oxygens (including phenoxy) is 2. The lowest BCUT2D eigenvalue weighted by molar-refractivity contribution is -0.122. The zero-order chi connectivity index (χ0) is 13.4. The number of nitrogens with two attached hydrogens (primary N) is 1. The van der Waals surface area contributed by atoms with Gasteiger partial charge in [0.25, 0.3) is 5.91 Å². The van der Waals surface area contributed by atoms with E-state index in [2.05, 4.69) is 5.32 Å². The van der Waals surface area contributed by atoms with Crippen LogP contribution in [0.5, 0.6) is 11.5 Å². The molecular formula is C12H15N3O3. The Bertz CT molecular complexity index is 432. The molecule has 6 heteroatoms. The Morgan fingerprint density at radius 3 is 2.94 bits per heavy atom. The molecule has 0 aromatic heterocycles. The van der Waals surface area contributed by atoms with Crippen LogP contribution in [0.25, 0.3) is 0 Å². The van der Waals surface area contributed by atoms with Crippen LogP contribution in [0.15, 0.2) is 18.2 Å². The predicted molar refractivity (Wildman–Crippen MR) is 65.0 cm³/mol. The first-order chi connectivity index (χ1) is 8.72. The van der Waals surface area contributed by atoms with Gasteiger partial charge in [-0.05, 0) is 6.07 Å². The minimum Gasteiger partial charge on any atom is -0.493 e. The second-order valence-corrected chi connectivity index (χ2v) is 3.38. The molecule has 1 rings (SSSR count). The number of nitrogens with zero attached hydrogens (tertiary/aromatic N) is 1. The number of amides is 1. The Morgan fingerprint density at radius 2 is 2.33 bits per heavy atom. The zero-order valence-corrected chi connectivity index (χ0v) is 10.1. The highest BCUT2D eigenvalue weighted by Gasteiger charge is 2.11. The standard InChI is InChI=1S/C12H15N3O3/c1-17-10-4-2-3-9(7-14)12(10)18-8-11(16)15-6-5-13/h2-4H,6-8,14H2,1H3,(H,15,16). The van der Waals surface area contributed by atoms with E-state index in [1.165, 1.54) is 7.11 Å². The molecule has 1 amide bonds. The molecule has 0 saturated carbocycles. The molecule has 96 valence electrons. The number of nitriles is 1. The molecule has 0 atom stereocenters. The Hall–Kier alpha value is -2.26. The number of benzene rings is 1. The van der Waals surface area contributed by atoms with E-state index in [0.717, 1.165) is 5.56 Å². The molecule has 0 saturated heterocycles. The Morgan fingerprint density at radius 1 is 1.56 bits per heavy atom. The molecule has 18 heavy (non-hydrogen) atoms. The van der Waals surface area contributed by atoms with Crippen molar-refractivity contribution in [1.82, 2.24) is 5.32 Å². The third-order valence-electron chi connectivity index (χ3n) is 2.21. The summed E-state index contributed by atoms with van der Waals surface area (Å²) in [6.45, 7) is 0.0548. The van der Waals surface area contributed by atoms with Gasteiger partial charge in [-0.1, -0.05) is 12.1 Å². The molecule has 0 heterocycles. The molecule has 6 nitrogen and oxygen atoms in total. The highest BCUT2D eigenvalue weighted by Crippen LogP contribution is 2.30. The third-order valence-corrected chi connectivity index (χ3v) is 2.21. The maximum absolute atomic E-state index is 11.3. The van der Waals surface area contributed by atoms with Gasteiger partial charge in [-0.2, -0.15) is 5.26 Å². The smallest absolute Gasteiger partial charge is 0.258 e. The van der Waals surface area contributed by atoms with Gasteiger partial charge in [-0.15, -0.1) is 0 Å². The summed E-state index contributed by atoms with van der Waals surface area (Å²) in [5.74, 6) is 0.603. The first-order valence-electron chi connectivity index (χ1n) is 5.35. The maximum Gasteiger partial charge on any atom is 0.258 e. The van der Waals surface area contributed by atoms with E-state index in [4.69, 9.17) is 20.5 Å². The SMILES string of the molecule is COc1cccc(CN)c1OCC(=O)NCC#N. The van der Waals surface area contributed by atoms with Crippen LogP contribution in [-0.2, 0) is 11.3 Å². The van der Waals surface area contributed by atoms with Crippen molar-refractivity contribution in [2.45, 2.75) is 6.54 Å². The van der Waals surface area contributed by atoms with Gasteiger partial charge in [-0.25, -0.2) is 0 Å². The van der Waals surface area contributed by atoms with Crippen LogP contribution >= 0.6 is 0 Å². The van der Waals surface area contributed by atoms with E-state index in [1.54, 1.807) is 18.2 Å². The van der Waals surface area contributed by atoms with Crippen LogP contribution in [0.1, 0.15) is 5.56 Å². The molecule has 0 unspecified atom stereocenters. The number of para-hydroxylation sites is 1. The number of hydrogen-bond donors (Lipinski definition) is 2. The highest BCUT2D eigenvalue weighted by atomic mass is 16.5. The topological polar surface area (TPSA) is 97.4 Å². The zero-order valence-electron chi connectivity index (χ0n) is 10.1. The second kappa shape index (κ2) is 7.14. The van der Waals surface area contributed by atoms with E-state index in [1.807, 2.05) is 6.07 Å². The van der Waals surface area contributed by atoms with E-state index in [-0.39, 0.29) is 25.6 Å². The van der Waals surface area contributed by atoms with Crippen molar-refractivity contribution in [2.75, 3.05) is 20.3 Å². The third kappa shape index (κ3) is 3.64. The van der Waals surface area contributed by atoms with Crippen molar-refractivity contribution >= 4 is 5.91 Å². The highest BCUT2D eigenvalue weighted by molar-refractivity contribution is 5.77. The lowest BCUT2D eigenvalue weighted by Gasteiger charge is -2.13. The molecule has 0 aliphatic rings. The van der Waals surface area contributed by atoms with Crippen molar-refractivity contribution < 1.29 is 14.3 Å².